The van der Waals surface area contributed by atoms with Crippen molar-refractivity contribution in [3.05, 3.63) is 30.1 Å². The molecule has 6 heteroatoms. The first kappa shape index (κ1) is 12.5. The van der Waals surface area contributed by atoms with Crippen molar-refractivity contribution in [3.63, 3.8) is 0 Å². The van der Waals surface area contributed by atoms with E-state index in [0.29, 0.717) is 5.69 Å². The van der Waals surface area contributed by atoms with Crippen LogP contribution >= 0.6 is 11.8 Å². The van der Waals surface area contributed by atoms with Crippen LogP contribution in [0.25, 0.3) is 0 Å². The molecule has 86 valence electrons. The topological polar surface area (TPSA) is 69.2 Å². The lowest BCUT2D eigenvalue weighted by Gasteiger charge is -2.05. The Hall–Kier alpha value is -1.56. The Kier molecular flexibility index (Phi) is 4.78. The molecule has 1 aromatic carbocycles. The molecule has 0 bridgehead atoms. The molecule has 0 aliphatic carbocycles. The van der Waals surface area contributed by atoms with Crippen LogP contribution in [0.15, 0.2) is 24.3 Å². The minimum absolute atomic E-state index is 0.0192. The summed E-state index contributed by atoms with van der Waals surface area (Å²) in [5.41, 5.74) is 0.473. The van der Waals surface area contributed by atoms with Crippen LogP contribution in [0.3, 0.4) is 0 Å². The Bertz CT molecular complexity index is 380. The van der Waals surface area contributed by atoms with Crippen molar-refractivity contribution in [3.8, 4) is 0 Å². The van der Waals surface area contributed by atoms with Crippen molar-refractivity contribution in [1.82, 2.24) is 0 Å². The first-order valence-corrected chi connectivity index (χ1v) is 5.56. The summed E-state index contributed by atoms with van der Waals surface area (Å²) >= 11 is 0.944. The molecule has 0 saturated heterocycles. The van der Waals surface area contributed by atoms with Gasteiger partial charge in [0, 0.05) is 11.4 Å². The molecule has 0 aromatic heterocycles. The Morgan fingerprint density at radius 2 is 1.88 bits per heavy atom. The van der Waals surface area contributed by atoms with Gasteiger partial charge in [0.1, 0.15) is 5.82 Å². The number of hydrogen-bond donors (Lipinski definition) is 1. The number of carboxylic acid groups (broad SMARTS) is 1. The van der Waals surface area contributed by atoms with Gasteiger partial charge in [-0.15, -0.1) is 11.8 Å². The van der Waals surface area contributed by atoms with Crippen LogP contribution in [0.5, 0.6) is 0 Å². The average Bonchev–Trinajstić information content (AvgIpc) is 2.21. The van der Waals surface area contributed by atoms with Crippen LogP contribution in [0, 0.1) is 5.82 Å². The van der Waals surface area contributed by atoms with Gasteiger partial charge in [0.25, 0.3) is 0 Å². The zero-order valence-corrected chi connectivity index (χ0v) is 9.05. The largest absolute Gasteiger partial charge is 0.549 e. The zero-order chi connectivity index (χ0) is 12.0. The van der Waals surface area contributed by atoms with E-state index in [1.807, 2.05) is 0 Å². The van der Waals surface area contributed by atoms with E-state index in [-0.39, 0.29) is 23.2 Å². The van der Waals surface area contributed by atoms with Gasteiger partial charge in [0.2, 0.25) is 5.91 Å². The predicted octanol–water partition coefficient (Wildman–Crippen LogP) is 0.247. The molecule has 0 unspecified atom stereocenters. The van der Waals surface area contributed by atoms with Gasteiger partial charge in [-0.1, -0.05) is 0 Å². The first-order valence-electron chi connectivity index (χ1n) is 4.41. The number of benzene rings is 1. The molecule has 1 amide bonds. The number of anilines is 1. The van der Waals surface area contributed by atoms with Gasteiger partial charge in [-0.25, -0.2) is 4.39 Å². The molecule has 0 spiro atoms. The molecule has 0 fully saturated rings. The number of thioether (sulfide) groups is 1. The van der Waals surface area contributed by atoms with Gasteiger partial charge < -0.3 is 15.2 Å². The number of halogens is 1. The highest BCUT2D eigenvalue weighted by atomic mass is 32.2. The lowest BCUT2D eigenvalue weighted by Crippen LogP contribution is -2.25. The van der Waals surface area contributed by atoms with Gasteiger partial charge in [0.05, 0.1) is 11.7 Å². The Morgan fingerprint density at radius 1 is 1.25 bits per heavy atom. The molecule has 1 rings (SSSR count). The fraction of sp³-hybridized carbons (Fsp3) is 0.200. The number of carbonyl (C=O) groups is 2. The number of carbonyl (C=O) groups excluding carboxylic acids is 2. The monoisotopic (exact) mass is 242 g/mol. The van der Waals surface area contributed by atoms with Crippen LogP contribution in [-0.4, -0.2) is 23.4 Å². The minimum Gasteiger partial charge on any atom is -0.549 e. The minimum atomic E-state index is -1.21. The average molecular weight is 242 g/mol. The Labute approximate surface area is 95.8 Å². The van der Waals surface area contributed by atoms with Crippen molar-refractivity contribution >= 4 is 29.3 Å². The molecule has 4 nitrogen and oxygen atoms in total. The molecule has 16 heavy (non-hydrogen) atoms. The molecule has 0 atom stereocenters. The number of aliphatic carboxylic acids is 1. The van der Waals surface area contributed by atoms with Crippen molar-refractivity contribution in [2.24, 2.45) is 0 Å². The van der Waals surface area contributed by atoms with Gasteiger partial charge >= 0.3 is 0 Å². The number of rotatable bonds is 5. The first-order chi connectivity index (χ1) is 7.58. The summed E-state index contributed by atoms with van der Waals surface area (Å²) in [4.78, 5) is 21.3. The summed E-state index contributed by atoms with van der Waals surface area (Å²) in [6, 6.07) is 5.31. The second kappa shape index (κ2) is 6.12. The van der Waals surface area contributed by atoms with Crippen LogP contribution in [-0.2, 0) is 9.59 Å². The summed E-state index contributed by atoms with van der Waals surface area (Å²) in [5, 5.41) is 12.6. The Balaban J connectivity index is 2.34. The molecule has 1 aromatic rings. The van der Waals surface area contributed by atoms with Gasteiger partial charge in [0.15, 0.2) is 0 Å². The fourth-order valence-electron chi connectivity index (χ4n) is 0.957. The van der Waals surface area contributed by atoms with Crippen molar-refractivity contribution in [2.75, 3.05) is 16.8 Å². The smallest absolute Gasteiger partial charge is 0.234 e. The number of amides is 1. The van der Waals surface area contributed by atoms with Crippen molar-refractivity contribution < 1.29 is 19.1 Å². The van der Waals surface area contributed by atoms with E-state index in [9.17, 15) is 19.1 Å². The van der Waals surface area contributed by atoms with Crippen LogP contribution in [0.1, 0.15) is 0 Å². The highest BCUT2D eigenvalue weighted by Gasteiger charge is 2.02. The highest BCUT2D eigenvalue weighted by Crippen LogP contribution is 2.09. The second-order valence-corrected chi connectivity index (χ2v) is 3.91. The van der Waals surface area contributed by atoms with E-state index in [2.05, 4.69) is 5.32 Å². The van der Waals surface area contributed by atoms with E-state index >= 15 is 0 Å². The molecular weight excluding hydrogens is 233 g/mol. The van der Waals surface area contributed by atoms with Gasteiger partial charge in [-0.2, -0.15) is 0 Å². The van der Waals surface area contributed by atoms with Gasteiger partial charge in [-0.05, 0) is 24.3 Å². The maximum absolute atomic E-state index is 12.5. The summed E-state index contributed by atoms with van der Waals surface area (Å²) in [6.07, 6.45) is 0. The Morgan fingerprint density at radius 3 is 2.44 bits per heavy atom. The zero-order valence-electron chi connectivity index (χ0n) is 8.23. The maximum atomic E-state index is 12.5. The van der Waals surface area contributed by atoms with Crippen LogP contribution in [0.4, 0.5) is 10.1 Å². The third-order valence-corrected chi connectivity index (χ3v) is 2.49. The molecular formula is C10H9FNO3S-. The standard InChI is InChI=1S/C10H10FNO3S/c11-7-1-3-8(4-2-7)12-9(13)5-16-6-10(14)15/h1-4H,5-6H2,(H,12,13)(H,14,15)/p-1. The van der Waals surface area contributed by atoms with E-state index in [0.717, 1.165) is 11.8 Å². The van der Waals surface area contributed by atoms with E-state index < -0.39 is 5.97 Å². The second-order valence-electron chi connectivity index (χ2n) is 2.92. The normalized spacial score (nSPS) is 9.81. The summed E-state index contributed by atoms with van der Waals surface area (Å²) in [5.74, 6) is -2.14. The van der Waals surface area contributed by atoms with Crippen molar-refractivity contribution in [2.45, 2.75) is 0 Å². The van der Waals surface area contributed by atoms with Crippen molar-refractivity contribution in [1.29, 1.82) is 0 Å². The van der Waals surface area contributed by atoms with Crippen LogP contribution < -0.4 is 10.4 Å². The summed E-state index contributed by atoms with van der Waals surface area (Å²) in [6.45, 7) is 0. The number of carboxylic acids is 1. The molecule has 0 aliphatic rings. The molecule has 0 aliphatic heterocycles. The maximum Gasteiger partial charge on any atom is 0.234 e. The molecule has 0 saturated carbocycles. The summed E-state index contributed by atoms with van der Waals surface area (Å²) < 4.78 is 12.5. The molecule has 1 N–H and O–H groups in total. The third-order valence-electron chi connectivity index (χ3n) is 1.58. The number of hydrogen-bond acceptors (Lipinski definition) is 4. The molecule has 0 heterocycles. The fourth-order valence-corrected chi connectivity index (χ4v) is 1.48. The molecule has 0 radical (unpaired) electrons. The van der Waals surface area contributed by atoms with Crippen LogP contribution in [0.2, 0.25) is 0 Å². The third kappa shape index (κ3) is 4.79. The van der Waals surface area contributed by atoms with Gasteiger partial charge in [-0.3, -0.25) is 4.79 Å². The highest BCUT2D eigenvalue weighted by molar-refractivity contribution is 8.00. The van der Waals surface area contributed by atoms with E-state index in [1.54, 1.807) is 0 Å². The quantitative estimate of drug-likeness (QED) is 0.803. The SMILES string of the molecule is O=C([O-])CSCC(=O)Nc1ccc(F)cc1. The van der Waals surface area contributed by atoms with E-state index in [1.165, 1.54) is 24.3 Å². The lowest BCUT2D eigenvalue weighted by molar-refractivity contribution is -0.301. The summed E-state index contributed by atoms with van der Waals surface area (Å²) in [7, 11) is 0. The van der Waals surface area contributed by atoms with E-state index in [4.69, 9.17) is 0 Å². The number of nitrogens with one attached hydrogen (secondary N) is 1. The lowest BCUT2D eigenvalue weighted by atomic mass is 10.3. The predicted molar refractivity (Wildman–Crippen MR) is 57.4 cm³/mol.